The average Bonchev–Trinajstić information content (AvgIpc) is 3.23. The molecule has 172 valence electrons. The quantitative estimate of drug-likeness (QED) is 0.233. The van der Waals surface area contributed by atoms with E-state index in [1.165, 1.54) is 0 Å². The fraction of sp³-hybridized carbons (Fsp3) is 0.522. The minimum atomic E-state index is -0.0406. The third kappa shape index (κ3) is 8.51. The number of guanidine groups is 1. The van der Waals surface area contributed by atoms with Crippen LogP contribution in [-0.2, 0) is 13.1 Å². The molecule has 0 spiro atoms. The Labute approximate surface area is 202 Å². The first-order valence-electron chi connectivity index (χ1n) is 10.8. The predicted molar refractivity (Wildman–Crippen MR) is 136 cm³/mol. The van der Waals surface area contributed by atoms with E-state index in [4.69, 9.17) is 4.52 Å². The van der Waals surface area contributed by atoms with Crippen molar-refractivity contribution in [2.75, 3.05) is 7.05 Å². The standard InChI is InChI=1S/C23H35N5O2.HI/c1-6-16(4)27-22(29)19-11-9-17(10-12-19)14-25-23(24-5)26-15-20-13-21(28-30-20)18(7-2)8-3;/h9-13,16,18H,6-8,14-15H2,1-5H3,(H,27,29)(H2,24,25,26);1H. The Balaban J connectivity index is 0.00000480. The van der Waals surface area contributed by atoms with Crippen LogP contribution in [0.4, 0.5) is 0 Å². The normalized spacial score (nSPS) is 12.3. The van der Waals surface area contributed by atoms with Gasteiger partial charge in [0, 0.05) is 37.2 Å². The molecule has 0 aliphatic heterocycles. The molecular formula is C23H36IN5O2. The molecule has 2 aromatic rings. The second kappa shape index (κ2) is 14.1. The molecule has 0 aliphatic carbocycles. The van der Waals surface area contributed by atoms with Gasteiger partial charge in [-0.05, 0) is 43.9 Å². The smallest absolute Gasteiger partial charge is 0.251 e. The zero-order valence-electron chi connectivity index (χ0n) is 19.2. The highest BCUT2D eigenvalue weighted by Crippen LogP contribution is 2.22. The van der Waals surface area contributed by atoms with Crippen molar-refractivity contribution >= 4 is 35.8 Å². The highest BCUT2D eigenvalue weighted by Gasteiger charge is 2.13. The number of rotatable bonds is 10. The number of benzene rings is 1. The van der Waals surface area contributed by atoms with Gasteiger partial charge in [0.05, 0.1) is 12.2 Å². The lowest BCUT2D eigenvalue weighted by Gasteiger charge is -2.13. The maximum absolute atomic E-state index is 12.2. The van der Waals surface area contributed by atoms with E-state index in [0.717, 1.165) is 36.3 Å². The second-order valence-electron chi connectivity index (χ2n) is 7.49. The van der Waals surface area contributed by atoms with Crippen molar-refractivity contribution in [3.63, 3.8) is 0 Å². The molecule has 0 radical (unpaired) electrons. The van der Waals surface area contributed by atoms with Crippen LogP contribution in [0, 0.1) is 0 Å². The number of aromatic nitrogens is 1. The highest BCUT2D eigenvalue weighted by molar-refractivity contribution is 14.0. The molecule has 1 unspecified atom stereocenters. The lowest BCUT2D eigenvalue weighted by molar-refractivity contribution is 0.0939. The van der Waals surface area contributed by atoms with E-state index >= 15 is 0 Å². The summed E-state index contributed by atoms with van der Waals surface area (Å²) in [6, 6.07) is 9.77. The van der Waals surface area contributed by atoms with Gasteiger partial charge >= 0.3 is 0 Å². The molecule has 3 N–H and O–H groups in total. The third-order valence-corrected chi connectivity index (χ3v) is 5.30. The molecule has 8 heteroatoms. The van der Waals surface area contributed by atoms with Gasteiger partial charge in [-0.1, -0.05) is 38.1 Å². The van der Waals surface area contributed by atoms with Gasteiger partial charge in [0.1, 0.15) is 0 Å². The summed E-state index contributed by atoms with van der Waals surface area (Å²) in [7, 11) is 1.73. The summed E-state index contributed by atoms with van der Waals surface area (Å²) in [6.45, 7) is 9.49. The molecule has 0 aliphatic rings. The van der Waals surface area contributed by atoms with E-state index < -0.39 is 0 Å². The molecule has 0 fully saturated rings. The number of nitrogens with zero attached hydrogens (tertiary/aromatic N) is 2. The predicted octanol–water partition coefficient (Wildman–Crippen LogP) is 4.59. The molecular weight excluding hydrogens is 505 g/mol. The monoisotopic (exact) mass is 541 g/mol. The SMILES string of the molecule is CCC(C)NC(=O)c1ccc(CNC(=NC)NCc2cc(C(CC)CC)no2)cc1.I. The van der Waals surface area contributed by atoms with E-state index in [-0.39, 0.29) is 35.9 Å². The lowest BCUT2D eigenvalue weighted by Crippen LogP contribution is -2.36. The van der Waals surface area contributed by atoms with Crippen LogP contribution in [0.5, 0.6) is 0 Å². The molecule has 0 saturated heterocycles. The Morgan fingerprint density at radius 2 is 1.71 bits per heavy atom. The molecule has 0 bridgehead atoms. The minimum Gasteiger partial charge on any atom is -0.359 e. The second-order valence-corrected chi connectivity index (χ2v) is 7.49. The Bertz CT molecular complexity index is 816. The minimum absolute atomic E-state index is 0. The molecule has 1 atom stereocenters. The van der Waals surface area contributed by atoms with Crippen molar-refractivity contribution in [1.82, 2.24) is 21.1 Å². The van der Waals surface area contributed by atoms with Crippen molar-refractivity contribution in [3.8, 4) is 0 Å². The number of hydrogen-bond acceptors (Lipinski definition) is 4. The number of hydrogen-bond donors (Lipinski definition) is 3. The van der Waals surface area contributed by atoms with Gasteiger partial charge < -0.3 is 20.5 Å². The average molecular weight is 541 g/mol. The van der Waals surface area contributed by atoms with E-state index in [1.807, 2.05) is 37.3 Å². The van der Waals surface area contributed by atoms with Crippen molar-refractivity contribution in [2.45, 2.75) is 72.0 Å². The van der Waals surface area contributed by atoms with Crippen molar-refractivity contribution < 1.29 is 9.32 Å². The molecule has 1 heterocycles. The van der Waals surface area contributed by atoms with Crippen LogP contribution in [0.25, 0.3) is 0 Å². The first-order chi connectivity index (χ1) is 14.5. The van der Waals surface area contributed by atoms with Gasteiger partial charge in [-0.25, -0.2) is 0 Å². The largest absolute Gasteiger partial charge is 0.359 e. The van der Waals surface area contributed by atoms with Crippen LogP contribution in [0.15, 0.2) is 39.8 Å². The van der Waals surface area contributed by atoms with Crippen molar-refractivity contribution in [2.24, 2.45) is 4.99 Å². The van der Waals surface area contributed by atoms with Gasteiger partial charge in [-0.2, -0.15) is 0 Å². The summed E-state index contributed by atoms with van der Waals surface area (Å²) in [5.74, 6) is 1.86. The van der Waals surface area contributed by atoms with Gasteiger partial charge in [-0.3, -0.25) is 9.79 Å². The zero-order valence-corrected chi connectivity index (χ0v) is 21.5. The molecule has 0 saturated carbocycles. The Kier molecular flexibility index (Phi) is 12.2. The van der Waals surface area contributed by atoms with Crippen molar-refractivity contribution in [1.29, 1.82) is 0 Å². The fourth-order valence-corrected chi connectivity index (χ4v) is 3.07. The van der Waals surface area contributed by atoms with Gasteiger partial charge in [0.2, 0.25) is 0 Å². The summed E-state index contributed by atoms with van der Waals surface area (Å²) < 4.78 is 5.44. The van der Waals surface area contributed by atoms with Gasteiger partial charge in [-0.15, -0.1) is 24.0 Å². The molecule has 1 amide bonds. The summed E-state index contributed by atoms with van der Waals surface area (Å²) in [5.41, 5.74) is 2.74. The van der Waals surface area contributed by atoms with Crippen LogP contribution < -0.4 is 16.0 Å². The number of carbonyl (C=O) groups is 1. The summed E-state index contributed by atoms with van der Waals surface area (Å²) in [6.07, 6.45) is 3.02. The van der Waals surface area contributed by atoms with Crippen LogP contribution in [0.2, 0.25) is 0 Å². The summed E-state index contributed by atoms with van der Waals surface area (Å²) >= 11 is 0. The molecule has 1 aromatic carbocycles. The molecule has 1 aromatic heterocycles. The lowest BCUT2D eigenvalue weighted by atomic mass is 9.99. The van der Waals surface area contributed by atoms with Crippen LogP contribution in [0.1, 0.15) is 80.3 Å². The summed E-state index contributed by atoms with van der Waals surface area (Å²) in [4.78, 5) is 16.4. The van der Waals surface area contributed by atoms with Crippen molar-refractivity contribution in [3.05, 3.63) is 52.9 Å². The first-order valence-corrected chi connectivity index (χ1v) is 10.8. The number of carbonyl (C=O) groups excluding carboxylic acids is 1. The van der Waals surface area contributed by atoms with E-state index in [9.17, 15) is 4.79 Å². The Morgan fingerprint density at radius 3 is 2.29 bits per heavy atom. The van der Waals surface area contributed by atoms with Crippen LogP contribution in [-0.4, -0.2) is 30.1 Å². The zero-order chi connectivity index (χ0) is 21.9. The number of aliphatic imine (C=N–C) groups is 1. The Hall–Kier alpha value is -2.10. The maximum Gasteiger partial charge on any atom is 0.251 e. The number of halogens is 1. The molecule has 31 heavy (non-hydrogen) atoms. The molecule has 7 nitrogen and oxygen atoms in total. The van der Waals surface area contributed by atoms with Gasteiger partial charge in [0.15, 0.2) is 11.7 Å². The topological polar surface area (TPSA) is 91.5 Å². The highest BCUT2D eigenvalue weighted by atomic mass is 127. The Morgan fingerprint density at radius 1 is 1.06 bits per heavy atom. The van der Waals surface area contributed by atoms with Crippen LogP contribution >= 0.6 is 24.0 Å². The van der Waals surface area contributed by atoms with E-state index in [2.05, 4.69) is 46.9 Å². The van der Waals surface area contributed by atoms with E-state index in [0.29, 0.717) is 30.5 Å². The van der Waals surface area contributed by atoms with Gasteiger partial charge in [0.25, 0.3) is 5.91 Å². The third-order valence-electron chi connectivity index (χ3n) is 5.30. The number of nitrogens with one attached hydrogen (secondary N) is 3. The fourth-order valence-electron chi connectivity index (χ4n) is 3.07. The van der Waals surface area contributed by atoms with E-state index in [1.54, 1.807) is 7.05 Å². The molecule has 2 rings (SSSR count). The first kappa shape index (κ1) is 26.9. The maximum atomic E-state index is 12.2. The summed E-state index contributed by atoms with van der Waals surface area (Å²) in [5, 5.41) is 13.7. The number of amides is 1. The van der Waals surface area contributed by atoms with Crippen LogP contribution in [0.3, 0.4) is 0 Å².